The van der Waals surface area contributed by atoms with Crippen LogP contribution in [0.5, 0.6) is 5.75 Å². The first kappa shape index (κ1) is 14.8. The Kier molecular flexibility index (Phi) is 4.63. The Morgan fingerprint density at radius 1 is 1.20 bits per heavy atom. The lowest BCUT2D eigenvalue weighted by molar-refractivity contribution is 0.0989. The van der Waals surface area contributed by atoms with E-state index in [1.54, 1.807) is 18.2 Å². The zero-order valence-electron chi connectivity index (χ0n) is 10.6. The third-order valence-electron chi connectivity index (χ3n) is 2.86. The van der Waals surface area contributed by atoms with Crippen LogP contribution in [0, 0.1) is 5.82 Å². The monoisotopic (exact) mass is 312 g/mol. The Morgan fingerprint density at radius 3 is 2.45 bits per heavy atom. The molecular weight excluding hydrogens is 302 g/mol. The van der Waals surface area contributed by atoms with Crippen molar-refractivity contribution in [3.05, 3.63) is 63.4 Å². The van der Waals surface area contributed by atoms with E-state index in [0.717, 1.165) is 6.07 Å². The highest BCUT2D eigenvalue weighted by Crippen LogP contribution is 2.27. The van der Waals surface area contributed by atoms with Gasteiger partial charge in [-0.25, -0.2) is 4.39 Å². The van der Waals surface area contributed by atoms with Crippen LogP contribution in [0.15, 0.2) is 36.4 Å². The van der Waals surface area contributed by atoms with Crippen molar-refractivity contribution in [2.45, 2.75) is 6.42 Å². The summed E-state index contributed by atoms with van der Waals surface area (Å²) in [5.74, 6) is -0.490. The number of halogens is 3. The van der Waals surface area contributed by atoms with Gasteiger partial charge in [0.2, 0.25) is 0 Å². The number of hydrogen-bond acceptors (Lipinski definition) is 2. The molecule has 2 aromatic carbocycles. The van der Waals surface area contributed by atoms with Gasteiger partial charge in [0.25, 0.3) is 0 Å². The summed E-state index contributed by atoms with van der Waals surface area (Å²) >= 11 is 12.0. The number of benzene rings is 2. The Bertz CT molecular complexity index is 636. The maximum atomic E-state index is 13.3. The van der Waals surface area contributed by atoms with Gasteiger partial charge in [-0.1, -0.05) is 29.3 Å². The van der Waals surface area contributed by atoms with Crippen LogP contribution in [0.1, 0.15) is 15.9 Å². The van der Waals surface area contributed by atoms with Gasteiger partial charge in [-0.3, -0.25) is 4.79 Å². The van der Waals surface area contributed by atoms with Crippen molar-refractivity contribution in [3.63, 3.8) is 0 Å². The summed E-state index contributed by atoms with van der Waals surface area (Å²) in [7, 11) is 1.42. The minimum atomic E-state index is -0.501. The van der Waals surface area contributed by atoms with E-state index in [0.29, 0.717) is 21.4 Å². The molecule has 0 N–H and O–H groups in total. The molecule has 2 nitrogen and oxygen atoms in total. The van der Waals surface area contributed by atoms with Crippen molar-refractivity contribution in [1.29, 1.82) is 0 Å². The van der Waals surface area contributed by atoms with Crippen molar-refractivity contribution in [2.24, 2.45) is 0 Å². The van der Waals surface area contributed by atoms with Crippen LogP contribution in [-0.4, -0.2) is 12.9 Å². The number of carbonyl (C=O) groups excluding carboxylic acids is 1. The summed E-state index contributed by atoms with van der Waals surface area (Å²) in [6.45, 7) is 0. The highest BCUT2D eigenvalue weighted by molar-refractivity contribution is 6.36. The normalized spacial score (nSPS) is 10.4. The molecule has 0 atom stereocenters. The number of rotatable bonds is 4. The molecule has 0 saturated heterocycles. The van der Waals surface area contributed by atoms with Crippen molar-refractivity contribution < 1.29 is 13.9 Å². The molecule has 0 amide bonds. The van der Waals surface area contributed by atoms with Crippen molar-refractivity contribution >= 4 is 29.0 Å². The number of Topliss-reactive ketones (excluding diaryl/α,β-unsaturated/α-hetero) is 1. The van der Waals surface area contributed by atoms with Crippen molar-refractivity contribution in [1.82, 2.24) is 0 Å². The fourth-order valence-corrected chi connectivity index (χ4v) is 2.39. The number of methoxy groups -OCH3 is 1. The topological polar surface area (TPSA) is 26.3 Å². The summed E-state index contributed by atoms with van der Waals surface area (Å²) in [6, 6.07) is 8.79. The zero-order valence-corrected chi connectivity index (χ0v) is 12.1. The molecule has 2 rings (SSSR count). The van der Waals surface area contributed by atoms with Gasteiger partial charge >= 0.3 is 0 Å². The molecule has 0 bridgehead atoms. The first-order valence-corrected chi connectivity index (χ1v) is 6.58. The molecule has 0 unspecified atom stereocenters. The minimum Gasteiger partial charge on any atom is -0.496 e. The number of ether oxygens (including phenoxy) is 1. The standard InChI is InChI=1S/C15H11Cl2FO2/c1-20-15-6-5-9(18)7-11(15)14(19)8-10-12(16)3-2-4-13(10)17/h2-7H,8H2,1H3. The van der Waals surface area contributed by atoms with E-state index in [1.165, 1.54) is 19.2 Å². The molecule has 0 aliphatic carbocycles. The van der Waals surface area contributed by atoms with E-state index in [-0.39, 0.29) is 17.8 Å². The van der Waals surface area contributed by atoms with Crippen LogP contribution >= 0.6 is 23.2 Å². The second kappa shape index (κ2) is 6.25. The molecule has 0 saturated carbocycles. The van der Waals surface area contributed by atoms with Crippen LogP contribution in [0.2, 0.25) is 10.0 Å². The molecule has 0 heterocycles. The van der Waals surface area contributed by atoms with Crippen LogP contribution in [0.4, 0.5) is 4.39 Å². The highest BCUT2D eigenvalue weighted by atomic mass is 35.5. The second-order valence-electron chi connectivity index (χ2n) is 4.14. The number of ketones is 1. The molecule has 0 spiro atoms. The summed E-state index contributed by atoms with van der Waals surface area (Å²) in [6.07, 6.45) is -0.0156. The average molecular weight is 313 g/mol. The lowest BCUT2D eigenvalue weighted by Crippen LogP contribution is -2.07. The molecule has 5 heteroatoms. The summed E-state index contributed by atoms with van der Waals surface area (Å²) in [5, 5.41) is 0.808. The van der Waals surface area contributed by atoms with Gasteiger partial charge < -0.3 is 4.74 Å². The molecule has 0 aromatic heterocycles. The second-order valence-corrected chi connectivity index (χ2v) is 4.96. The summed E-state index contributed by atoms with van der Waals surface area (Å²) in [4.78, 5) is 12.3. The molecule has 20 heavy (non-hydrogen) atoms. The minimum absolute atomic E-state index is 0.0156. The maximum absolute atomic E-state index is 13.3. The first-order chi connectivity index (χ1) is 9.52. The zero-order chi connectivity index (χ0) is 14.7. The van der Waals surface area contributed by atoms with Crippen LogP contribution in [0.3, 0.4) is 0 Å². The first-order valence-electron chi connectivity index (χ1n) is 5.82. The molecule has 0 aliphatic heterocycles. The van der Waals surface area contributed by atoms with Gasteiger partial charge in [-0.05, 0) is 35.9 Å². The SMILES string of the molecule is COc1ccc(F)cc1C(=O)Cc1c(Cl)cccc1Cl. The van der Waals surface area contributed by atoms with Gasteiger partial charge in [0.1, 0.15) is 11.6 Å². The molecular formula is C15H11Cl2FO2. The highest BCUT2D eigenvalue weighted by Gasteiger charge is 2.17. The summed E-state index contributed by atoms with van der Waals surface area (Å²) < 4.78 is 18.3. The van der Waals surface area contributed by atoms with E-state index in [4.69, 9.17) is 27.9 Å². The van der Waals surface area contributed by atoms with Gasteiger partial charge in [-0.15, -0.1) is 0 Å². The van der Waals surface area contributed by atoms with E-state index in [1.807, 2.05) is 0 Å². The number of carbonyl (C=O) groups is 1. The lowest BCUT2D eigenvalue weighted by atomic mass is 10.0. The largest absolute Gasteiger partial charge is 0.496 e. The van der Waals surface area contributed by atoms with E-state index < -0.39 is 5.82 Å². The average Bonchev–Trinajstić information content (AvgIpc) is 2.43. The fraction of sp³-hybridized carbons (Fsp3) is 0.133. The van der Waals surface area contributed by atoms with Crippen molar-refractivity contribution in [2.75, 3.05) is 7.11 Å². The van der Waals surface area contributed by atoms with Crippen LogP contribution in [0.25, 0.3) is 0 Å². The maximum Gasteiger partial charge on any atom is 0.171 e. The smallest absolute Gasteiger partial charge is 0.171 e. The van der Waals surface area contributed by atoms with Gasteiger partial charge in [-0.2, -0.15) is 0 Å². The fourth-order valence-electron chi connectivity index (χ4n) is 1.86. The molecule has 2 aromatic rings. The van der Waals surface area contributed by atoms with Gasteiger partial charge in [0.05, 0.1) is 12.7 Å². The van der Waals surface area contributed by atoms with E-state index in [2.05, 4.69) is 0 Å². The van der Waals surface area contributed by atoms with Crippen LogP contribution in [-0.2, 0) is 6.42 Å². The molecule has 104 valence electrons. The third kappa shape index (κ3) is 3.11. The third-order valence-corrected chi connectivity index (χ3v) is 3.57. The predicted octanol–water partition coefficient (Wildman–Crippen LogP) is 4.57. The Hall–Kier alpha value is -1.58. The van der Waals surface area contributed by atoms with Gasteiger partial charge in [0, 0.05) is 16.5 Å². The molecule has 0 radical (unpaired) electrons. The summed E-state index contributed by atoms with van der Waals surface area (Å²) in [5.41, 5.74) is 0.690. The molecule has 0 fully saturated rings. The molecule has 0 aliphatic rings. The Morgan fingerprint density at radius 2 is 1.85 bits per heavy atom. The lowest BCUT2D eigenvalue weighted by Gasteiger charge is -2.09. The van der Waals surface area contributed by atoms with E-state index in [9.17, 15) is 9.18 Å². The predicted molar refractivity (Wildman–Crippen MR) is 77.4 cm³/mol. The Labute approximate surface area is 126 Å². The van der Waals surface area contributed by atoms with E-state index >= 15 is 0 Å². The van der Waals surface area contributed by atoms with Crippen molar-refractivity contribution in [3.8, 4) is 5.75 Å². The quantitative estimate of drug-likeness (QED) is 0.773. The Balaban J connectivity index is 2.35. The van der Waals surface area contributed by atoms with Gasteiger partial charge in [0.15, 0.2) is 5.78 Å². The number of hydrogen-bond donors (Lipinski definition) is 0. The van der Waals surface area contributed by atoms with Crippen LogP contribution < -0.4 is 4.74 Å².